The van der Waals surface area contributed by atoms with Gasteiger partial charge in [-0.25, -0.2) is 9.97 Å². The Morgan fingerprint density at radius 2 is 2.07 bits per heavy atom. The van der Waals surface area contributed by atoms with Gasteiger partial charge >= 0.3 is 0 Å². The van der Waals surface area contributed by atoms with E-state index in [1.54, 1.807) is 13.3 Å². The normalized spacial score (nSPS) is 16.2. The van der Waals surface area contributed by atoms with Crippen LogP contribution in [0.1, 0.15) is 49.4 Å². The molecule has 4 rings (SSSR count). The number of benzene rings is 1. The number of H-pyrrole nitrogens is 1. The molecule has 0 saturated carbocycles. The number of anilines is 1. The van der Waals surface area contributed by atoms with Crippen molar-refractivity contribution < 1.29 is 4.74 Å². The molecule has 154 valence electrons. The van der Waals surface area contributed by atoms with Gasteiger partial charge in [0.15, 0.2) is 5.65 Å². The van der Waals surface area contributed by atoms with E-state index >= 15 is 0 Å². The van der Waals surface area contributed by atoms with Crippen molar-refractivity contribution in [2.75, 3.05) is 25.5 Å². The summed E-state index contributed by atoms with van der Waals surface area (Å²) in [5.74, 6) is 1.98. The highest BCUT2D eigenvalue weighted by atomic mass is 35.5. The number of likely N-dealkylation sites (tertiary alicyclic amines) is 1. The van der Waals surface area contributed by atoms with Crippen LogP contribution in [0.4, 0.5) is 5.95 Å². The molecule has 8 heteroatoms. The lowest BCUT2D eigenvalue weighted by molar-refractivity contribution is 0.108. The number of fused-ring (bicyclic) bond motifs is 1. The lowest BCUT2D eigenvalue weighted by Gasteiger charge is -2.43. The van der Waals surface area contributed by atoms with Crippen molar-refractivity contribution in [2.45, 2.75) is 45.7 Å². The molecule has 1 fully saturated rings. The average Bonchev–Trinajstić information content (AvgIpc) is 3.05. The van der Waals surface area contributed by atoms with E-state index in [9.17, 15) is 0 Å². The van der Waals surface area contributed by atoms with Gasteiger partial charge < -0.3 is 15.0 Å². The van der Waals surface area contributed by atoms with E-state index in [0.29, 0.717) is 23.6 Å². The summed E-state index contributed by atoms with van der Waals surface area (Å²) < 4.78 is 5.91. The SMILES string of the molecule is COc1c(C(C)Nc2nc3ncncc3[nH]2)cc(Cl)c(C)c1C1CN(C(C)C)C1. The number of hydrogen-bond acceptors (Lipinski definition) is 6. The van der Waals surface area contributed by atoms with Crippen molar-refractivity contribution in [3.8, 4) is 5.75 Å². The van der Waals surface area contributed by atoms with E-state index in [2.05, 4.69) is 57.8 Å². The largest absolute Gasteiger partial charge is 0.496 e. The summed E-state index contributed by atoms with van der Waals surface area (Å²) in [5.41, 5.74) is 4.77. The van der Waals surface area contributed by atoms with Gasteiger partial charge in [-0.2, -0.15) is 4.98 Å². The summed E-state index contributed by atoms with van der Waals surface area (Å²) in [6.45, 7) is 10.7. The smallest absolute Gasteiger partial charge is 0.203 e. The quantitative estimate of drug-likeness (QED) is 0.625. The lowest BCUT2D eigenvalue weighted by Crippen LogP contribution is -2.48. The molecule has 29 heavy (non-hydrogen) atoms. The second-order valence-corrected chi connectivity index (χ2v) is 8.38. The summed E-state index contributed by atoms with van der Waals surface area (Å²) in [5, 5.41) is 4.18. The Balaban J connectivity index is 1.65. The Kier molecular flexibility index (Phi) is 5.36. The molecule has 1 aliphatic heterocycles. The van der Waals surface area contributed by atoms with Crippen molar-refractivity contribution in [1.29, 1.82) is 0 Å². The minimum absolute atomic E-state index is 0.0587. The van der Waals surface area contributed by atoms with Crippen LogP contribution >= 0.6 is 11.6 Å². The van der Waals surface area contributed by atoms with Gasteiger partial charge in [-0.05, 0) is 39.3 Å². The van der Waals surface area contributed by atoms with E-state index < -0.39 is 0 Å². The third-order valence-electron chi connectivity index (χ3n) is 5.79. The molecule has 1 aromatic carbocycles. The molecule has 1 aliphatic rings. The molecule has 0 aliphatic carbocycles. The van der Waals surface area contributed by atoms with Gasteiger partial charge in [0.05, 0.1) is 19.3 Å². The van der Waals surface area contributed by atoms with E-state index in [-0.39, 0.29) is 6.04 Å². The number of aromatic nitrogens is 4. The number of imidazole rings is 1. The molecule has 0 bridgehead atoms. The maximum absolute atomic E-state index is 6.64. The average molecular weight is 415 g/mol. The fourth-order valence-corrected chi connectivity index (χ4v) is 4.26. The number of nitrogens with one attached hydrogen (secondary N) is 2. The predicted molar refractivity (Wildman–Crippen MR) is 116 cm³/mol. The number of hydrogen-bond donors (Lipinski definition) is 2. The molecule has 1 unspecified atom stereocenters. The third-order valence-corrected chi connectivity index (χ3v) is 6.18. The molecule has 3 heterocycles. The van der Waals surface area contributed by atoms with Gasteiger partial charge in [0.2, 0.25) is 5.95 Å². The van der Waals surface area contributed by atoms with Crippen LogP contribution < -0.4 is 10.1 Å². The van der Waals surface area contributed by atoms with Crippen LogP contribution in [0.3, 0.4) is 0 Å². The van der Waals surface area contributed by atoms with Gasteiger partial charge in [0.1, 0.15) is 17.6 Å². The van der Waals surface area contributed by atoms with E-state index in [1.807, 2.05) is 6.07 Å². The molecule has 2 aromatic heterocycles. The van der Waals surface area contributed by atoms with Crippen LogP contribution in [0.15, 0.2) is 18.6 Å². The Morgan fingerprint density at radius 1 is 1.31 bits per heavy atom. The summed E-state index contributed by atoms with van der Waals surface area (Å²) in [7, 11) is 1.73. The number of rotatable bonds is 6. The summed E-state index contributed by atoms with van der Waals surface area (Å²) >= 11 is 6.64. The standard InChI is InChI=1S/C21H27ClN6O/c1-11(2)28-8-14(9-28)18-12(3)16(22)6-15(19(18)29-5)13(4)25-21-26-17-7-23-10-24-20(17)27-21/h6-7,10-11,13-14H,8-9H2,1-5H3,(H2,23,24,25,26,27). The highest BCUT2D eigenvalue weighted by molar-refractivity contribution is 6.31. The molecule has 1 saturated heterocycles. The minimum atomic E-state index is -0.0587. The zero-order valence-corrected chi connectivity index (χ0v) is 18.2. The maximum Gasteiger partial charge on any atom is 0.203 e. The van der Waals surface area contributed by atoms with Gasteiger partial charge in [-0.15, -0.1) is 0 Å². The zero-order valence-electron chi connectivity index (χ0n) is 17.5. The van der Waals surface area contributed by atoms with E-state index in [4.69, 9.17) is 16.3 Å². The van der Waals surface area contributed by atoms with Crippen LogP contribution in [0.2, 0.25) is 5.02 Å². The minimum Gasteiger partial charge on any atom is -0.496 e. The van der Waals surface area contributed by atoms with Gasteiger partial charge in [-0.1, -0.05) is 11.6 Å². The number of halogens is 1. The molecule has 0 amide bonds. The van der Waals surface area contributed by atoms with Crippen molar-refractivity contribution in [3.05, 3.63) is 40.3 Å². The Bertz CT molecular complexity index is 994. The van der Waals surface area contributed by atoms with Gasteiger partial charge in [0, 0.05) is 41.2 Å². The van der Waals surface area contributed by atoms with Crippen molar-refractivity contribution in [3.63, 3.8) is 0 Å². The van der Waals surface area contributed by atoms with Crippen molar-refractivity contribution >= 4 is 28.7 Å². The van der Waals surface area contributed by atoms with Crippen molar-refractivity contribution in [2.24, 2.45) is 0 Å². The molecular formula is C21H27ClN6O. The second-order valence-electron chi connectivity index (χ2n) is 7.98. The molecule has 3 aromatic rings. The molecule has 0 radical (unpaired) electrons. The molecule has 7 nitrogen and oxygen atoms in total. The summed E-state index contributed by atoms with van der Waals surface area (Å²) in [6, 6.07) is 2.49. The third kappa shape index (κ3) is 3.65. The number of methoxy groups -OCH3 is 1. The highest BCUT2D eigenvalue weighted by Crippen LogP contribution is 2.43. The Morgan fingerprint density at radius 3 is 2.72 bits per heavy atom. The lowest BCUT2D eigenvalue weighted by atomic mass is 9.84. The van der Waals surface area contributed by atoms with Gasteiger partial charge in [0.25, 0.3) is 0 Å². The fraction of sp³-hybridized carbons (Fsp3) is 0.476. The second kappa shape index (κ2) is 7.80. The molecule has 2 N–H and O–H groups in total. The zero-order chi connectivity index (χ0) is 20.7. The molecule has 1 atom stereocenters. The van der Waals surface area contributed by atoms with Crippen LogP contribution in [0.25, 0.3) is 11.2 Å². The fourth-order valence-electron chi connectivity index (χ4n) is 4.04. The van der Waals surface area contributed by atoms with Crippen LogP contribution in [0, 0.1) is 6.92 Å². The van der Waals surface area contributed by atoms with E-state index in [0.717, 1.165) is 40.5 Å². The summed E-state index contributed by atoms with van der Waals surface area (Å²) in [4.78, 5) is 18.4. The highest BCUT2D eigenvalue weighted by Gasteiger charge is 2.34. The molecule has 0 spiro atoms. The summed E-state index contributed by atoms with van der Waals surface area (Å²) in [6.07, 6.45) is 3.20. The number of aromatic amines is 1. The first-order chi connectivity index (χ1) is 13.9. The Labute approximate surface area is 175 Å². The first kappa shape index (κ1) is 19.9. The van der Waals surface area contributed by atoms with Crippen molar-refractivity contribution in [1.82, 2.24) is 24.8 Å². The van der Waals surface area contributed by atoms with Gasteiger partial charge in [-0.3, -0.25) is 4.90 Å². The Hall–Kier alpha value is -2.38. The van der Waals surface area contributed by atoms with Crippen LogP contribution in [-0.4, -0.2) is 51.1 Å². The number of nitrogens with zero attached hydrogens (tertiary/aromatic N) is 4. The predicted octanol–water partition coefficient (Wildman–Crippen LogP) is 4.30. The first-order valence-electron chi connectivity index (χ1n) is 9.92. The first-order valence-corrected chi connectivity index (χ1v) is 10.3. The van der Waals surface area contributed by atoms with Crippen LogP contribution in [-0.2, 0) is 0 Å². The maximum atomic E-state index is 6.64. The van der Waals surface area contributed by atoms with Crippen LogP contribution in [0.5, 0.6) is 5.75 Å². The number of ether oxygens (including phenoxy) is 1. The van der Waals surface area contributed by atoms with E-state index in [1.165, 1.54) is 11.9 Å². The molecular weight excluding hydrogens is 388 g/mol. The topological polar surface area (TPSA) is 79.0 Å². The monoisotopic (exact) mass is 414 g/mol.